The van der Waals surface area contributed by atoms with Crippen LogP contribution in [0.5, 0.6) is 5.75 Å². The molecule has 2 fully saturated rings. The van der Waals surface area contributed by atoms with Crippen LogP contribution in [0.1, 0.15) is 52.7 Å². The lowest BCUT2D eigenvalue weighted by Gasteiger charge is -2.31. The molecule has 1 amide bonds. The van der Waals surface area contributed by atoms with Gasteiger partial charge in [-0.2, -0.15) is 0 Å². The van der Waals surface area contributed by atoms with Crippen LogP contribution in [-0.2, 0) is 13.0 Å². The van der Waals surface area contributed by atoms with E-state index in [1.165, 1.54) is 18.9 Å². The van der Waals surface area contributed by atoms with Gasteiger partial charge < -0.3 is 15.0 Å². The number of hydrogen-bond acceptors (Lipinski definition) is 3. The zero-order chi connectivity index (χ0) is 21.4. The van der Waals surface area contributed by atoms with E-state index in [9.17, 15) is 9.18 Å². The molecule has 0 bridgehead atoms. The number of fused-ring (bicyclic) bond motifs is 1. The van der Waals surface area contributed by atoms with Crippen LogP contribution < -0.4 is 10.1 Å². The monoisotopic (exact) mass is 422 g/mol. The van der Waals surface area contributed by atoms with Gasteiger partial charge in [-0.15, -0.1) is 0 Å². The van der Waals surface area contributed by atoms with E-state index in [0.717, 1.165) is 60.5 Å². The van der Waals surface area contributed by atoms with Gasteiger partial charge in [-0.25, -0.2) is 4.39 Å². The van der Waals surface area contributed by atoms with Crippen molar-refractivity contribution in [1.82, 2.24) is 10.2 Å². The third-order valence-corrected chi connectivity index (χ3v) is 6.95. The van der Waals surface area contributed by atoms with Crippen LogP contribution in [0.4, 0.5) is 4.39 Å². The zero-order valence-corrected chi connectivity index (χ0v) is 18.2. The maximum absolute atomic E-state index is 13.8. The predicted molar refractivity (Wildman–Crippen MR) is 119 cm³/mol. The molecule has 1 saturated heterocycles. The molecule has 0 spiro atoms. The highest BCUT2D eigenvalue weighted by molar-refractivity contribution is 6.00. The minimum Gasteiger partial charge on any atom is -0.490 e. The van der Waals surface area contributed by atoms with E-state index < -0.39 is 0 Å². The van der Waals surface area contributed by atoms with E-state index in [1.807, 2.05) is 24.0 Å². The van der Waals surface area contributed by atoms with Gasteiger partial charge in [-0.3, -0.25) is 4.79 Å². The van der Waals surface area contributed by atoms with Gasteiger partial charge in [0.25, 0.3) is 5.91 Å². The van der Waals surface area contributed by atoms with Crippen LogP contribution in [0.3, 0.4) is 0 Å². The number of nitrogens with one attached hydrogen (secondary N) is 1. The fraction of sp³-hybridized carbons (Fsp3) is 0.500. The number of carbonyl (C=O) groups excluding carboxylic acids is 1. The van der Waals surface area contributed by atoms with Crippen LogP contribution in [0, 0.1) is 24.6 Å². The molecule has 0 radical (unpaired) electrons. The molecule has 3 aliphatic rings. The van der Waals surface area contributed by atoms with Gasteiger partial charge in [0.15, 0.2) is 0 Å². The number of piperidine rings is 1. The van der Waals surface area contributed by atoms with Crippen molar-refractivity contribution < 1.29 is 13.9 Å². The van der Waals surface area contributed by atoms with Crippen molar-refractivity contribution in [1.29, 1.82) is 0 Å². The van der Waals surface area contributed by atoms with Crippen molar-refractivity contribution in [3.05, 3.63) is 64.5 Å². The van der Waals surface area contributed by atoms with Crippen LogP contribution in [0.2, 0.25) is 0 Å². The Morgan fingerprint density at radius 2 is 1.97 bits per heavy atom. The Kier molecular flexibility index (Phi) is 5.70. The predicted octanol–water partition coefficient (Wildman–Crippen LogP) is 4.49. The number of hydrogen-bond donors (Lipinski definition) is 1. The third-order valence-electron chi connectivity index (χ3n) is 6.95. The molecule has 164 valence electrons. The van der Waals surface area contributed by atoms with E-state index in [1.54, 1.807) is 12.1 Å². The first kappa shape index (κ1) is 20.5. The van der Waals surface area contributed by atoms with Crippen molar-refractivity contribution in [2.75, 3.05) is 19.6 Å². The van der Waals surface area contributed by atoms with Crippen molar-refractivity contribution >= 4 is 5.91 Å². The second kappa shape index (κ2) is 8.62. The summed E-state index contributed by atoms with van der Waals surface area (Å²) in [5.41, 5.74) is 3.89. The quantitative estimate of drug-likeness (QED) is 0.715. The Hall–Kier alpha value is -2.40. The molecule has 2 aromatic rings. The molecular weight excluding hydrogens is 391 g/mol. The molecule has 1 atom stereocenters. The topological polar surface area (TPSA) is 41.6 Å². The molecule has 4 nitrogen and oxygen atoms in total. The van der Waals surface area contributed by atoms with Crippen LogP contribution in [0.25, 0.3) is 0 Å². The van der Waals surface area contributed by atoms with Crippen molar-refractivity contribution in [2.24, 2.45) is 11.8 Å². The summed E-state index contributed by atoms with van der Waals surface area (Å²) in [6.07, 6.45) is 5.26. The summed E-state index contributed by atoms with van der Waals surface area (Å²) < 4.78 is 20.4. The fourth-order valence-corrected chi connectivity index (χ4v) is 5.11. The summed E-state index contributed by atoms with van der Waals surface area (Å²) in [4.78, 5) is 14.9. The van der Waals surface area contributed by atoms with Crippen LogP contribution >= 0.6 is 0 Å². The molecule has 5 rings (SSSR count). The molecule has 0 aromatic heterocycles. The number of amides is 1. The Bertz CT molecular complexity index is 966. The Balaban J connectivity index is 1.37. The third kappa shape index (κ3) is 4.62. The van der Waals surface area contributed by atoms with E-state index in [2.05, 4.69) is 11.4 Å². The second-order valence-corrected chi connectivity index (χ2v) is 9.48. The number of rotatable bonds is 7. The SMILES string of the molecule is Cc1cc(OC(Cc2cccc(F)c2)C2CCNCC2)cc2c1C(=O)N(CC1CC1)C2. The molecule has 1 aliphatic carbocycles. The normalized spacial score (nSPS) is 20.1. The van der Waals surface area contributed by atoms with E-state index >= 15 is 0 Å². The van der Waals surface area contributed by atoms with Crippen molar-refractivity contribution in [2.45, 2.75) is 51.7 Å². The smallest absolute Gasteiger partial charge is 0.254 e. The van der Waals surface area contributed by atoms with Crippen LogP contribution in [0.15, 0.2) is 36.4 Å². The average molecular weight is 423 g/mol. The largest absolute Gasteiger partial charge is 0.490 e. The lowest BCUT2D eigenvalue weighted by atomic mass is 9.88. The van der Waals surface area contributed by atoms with Gasteiger partial charge in [-0.1, -0.05) is 12.1 Å². The number of ether oxygens (including phenoxy) is 1. The molecule has 5 heteroatoms. The Morgan fingerprint density at radius 3 is 2.71 bits per heavy atom. The van der Waals surface area contributed by atoms with Crippen molar-refractivity contribution in [3.63, 3.8) is 0 Å². The maximum atomic E-state index is 13.8. The summed E-state index contributed by atoms with van der Waals surface area (Å²) >= 11 is 0. The lowest BCUT2D eigenvalue weighted by Crippen LogP contribution is -2.38. The second-order valence-electron chi connectivity index (χ2n) is 9.48. The molecule has 1 N–H and O–H groups in total. The summed E-state index contributed by atoms with van der Waals surface area (Å²) in [6.45, 7) is 5.55. The minimum atomic E-state index is -0.204. The fourth-order valence-electron chi connectivity index (χ4n) is 5.11. The lowest BCUT2D eigenvalue weighted by molar-refractivity contribution is 0.0770. The molecule has 31 heavy (non-hydrogen) atoms. The molecule has 1 saturated carbocycles. The average Bonchev–Trinajstić information content (AvgIpc) is 3.51. The highest BCUT2D eigenvalue weighted by Crippen LogP contribution is 2.36. The van der Waals surface area contributed by atoms with Gasteiger partial charge in [0.2, 0.25) is 0 Å². The summed E-state index contributed by atoms with van der Waals surface area (Å²) in [7, 11) is 0. The zero-order valence-electron chi connectivity index (χ0n) is 18.2. The van der Waals surface area contributed by atoms with Crippen molar-refractivity contribution in [3.8, 4) is 5.75 Å². The highest BCUT2D eigenvalue weighted by atomic mass is 19.1. The Morgan fingerprint density at radius 1 is 1.16 bits per heavy atom. The highest BCUT2D eigenvalue weighted by Gasteiger charge is 2.34. The van der Waals surface area contributed by atoms with Crippen LogP contribution in [-0.4, -0.2) is 36.5 Å². The Labute approximate surface area is 183 Å². The van der Waals surface area contributed by atoms with E-state index in [-0.39, 0.29) is 17.8 Å². The standard InChI is InChI=1S/C26H31FN2O2/c1-17-11-23(14-21-16-29(15-18-5-6-18)26(30)25(17)21)31-24(20-7-9-28-10-8-20)13-19-3-2-4-22(27)12-19/h2-4,11-12,14,18,20,24,28H,5-10,13,15-16H2,1H3. The minimum absolute atomic E-state index is 0.0129. The molecule has 1 unspecified atom stereocenters. The molecule has 2 aromatic carbocycles. The maximum Gasteiger partial charge on any atom is 0.254 e. The molecule has 2 heterocycles. The van der Waals surface area contributed by atoms with Gasteiger partial charge in [0.05, 0.1) is 0 Å². The number of nitrogens with zero attached hydrogens (tertiary/aromatic N) is 1. The molecular formula is C26H31FN2O2. The number of benzene rings is 2. The summed E-state index contributed by atoms with van der Waals surface area (Å²) in [5, 5.41) is 3.42. The molecule has 2 aliphatic heterocycles. The summed E-state index contributed by atoms with van der Waals surface area (Å²) in [5.74, 6) is 1.90. The van der Waals surface area contributed by atoms with Gasteiger partial charge in [-0.05, 0) is 98.5 Å². The first-order valence-corrected chi connectivity index (χ1v) is 11.6. The van der Waals surface area contributed by atoms with Gasteiger partial charge in [0.1, 0.15) is 17.7 Å². The number of carbonyl (C=O) groups is 1. The number of halogens is 1. The summed E-state index contributed by atoms with van der Waals surface area (Å²) in [6, 6.07) is 10.9. The van der Waals surface area contributed by atoms with Gasteiger partial charge in [0, 0.05) is 25.1 Å². The first-order chi connectivity index (χ1) is 15.1. The van der Waals surface area contributed by atoms with E-state index in [0.29, 0.717) is 24.8 Å². The van der Waals surface area contributed by atoms with Gasteiger partial charge >= 0.3 is 0 Å². The number of aryl methyl sites for hydroxylation is 1. The van der Waals surface area contributed by atoms with E-state index in [4.69, 9.17) is 4.74 Å². The first-order valence-electron chi connectivity index (χ1n) is 11.6.